The molecule has 0 radical (unpaired) electrons. The third kappa shape index (κ3) is 2.13. The van der Waals surface area contributed by atoms with E-state index < -0.39 is 17.8 Å². The van der Waals surface area contributed by atoms with Gasteiger partial charge in [-0.15, -0.1) is 11.8 Å². The summed E-state index contributed by atoms with van der Waals surface area (Å²) in [6.07, 6.45) is 0.477. The van der Waals surface area contributed by atoms with Gasteiger partial charge in [0.25, 0.3) is 0 Å². The zero-order valence-corrected chi connectivity index (χ0v) is 12.7. The number of aliphatic carboxylic acids is 1. The normalized spacial score (nSPS) is 37.0. The molecule has 6 unspecified atom stereocenters. The number of thioether (sulfide) groups is 1. The number of benzene rings is 1. The van der Waals surface area contributed by atoms with Crippen LogP contribution in [0.5, 0.6) is 0 Å². The minimum absolute atomic E-state index is 0.0000478. The van der Waals surface area contributed by atoms with Gasteiger partial charge >= 0.3 is 11.9 Å². The maximum Gasteiger partial charge on any atom is 0.310 e. The third-order valence-corrected chi connectivity index (χ3v) is 6.60. The van der Waals surface area contributed by atoms with E-state index in [0.29, 0.717) is 6.42 Å². The van der Waals surface area contributed by atoms with E-state index in [0.717, 1.165) is 4.90 Å². The molecule has 2 aliphatic carbocycles. The van der Waals surface area contributed by atoms with Crippen molar-refractivity contribution in [1.29, 1.82) is 0 Å². The van der Waals surface area contributed by atoms with Crippen LogP contribution in [0.3, 0.4) is 0 Å². The molecular weight excluding hydrogens is 322 g/mol. The molecule has 3 fully saturated rings. The Morgan fingerprint density at radius 2 is 2.00 bits per heavy atom. The number of hydrogen-bond donors (Lipinski definition) is 2. The molecule has 0 aromatic heterocycles. The molecular formula is C15H14NO6S-. The van der Waals surface area contributed by atoms with Gasteiger partial charge in [0.05, 0.1) is 22.8 Å². The number of carboxylic acid groups (broad SMARTS) is 1. The van der Waals surface area contributed by atoms with Gasteiger partial charge in [-0.3, -0.25) is 14.8 Å². The summed E-state index contributed by atoms with van der Waals surface area (Å²) < 4.78 is 5.45. The Labute approximate surface area is 135 Å². The Bertz CT molecular complexity index is 662. The molecule has 1 aliphatic heterocycles. The Kier molecular flexibility index (Phi) is 3.29. The van der Waals surface area contributed by atoms with Crippen molar-refractivity contribution in [3.05, 3.63) is 29.5 Å². The van der Waals surface area contributed by atoms with Gasteiger partial charge in [-0.25, -0.2) is 0 Å². The fourth-order valence-electron chi connectivity index (χ4n) is 4.29. The number of carbonyl (C=O) groups is 2. The number of fused-ring (bicyclic) bond motifs is 1. The highest BCUT2D eigenvalue weighted by Crippen LogP contribution is 2.61. The molecule has 0 amide bonds. The molecule has 8 heteroatoms. The van der Waals surface area contributed by atoms with Gasteiger partial charge in [-0.05, 0) is 36.6 Å². The van der Waals surface area contributed by atoms with Crippen LogP contribution in [0.4, 0.5) is 5.69 Å². The van der Waals surface area contributed by atoms with Crippen molar-refractivity contribution >= 4 is 29.4 Å². The molecule has 3 aliphatic rings. The molecule has 1 heterocycles. The predicted molar refractivity (Wildman–Crippen MR) is 79.8 cm³/mol. The van der Waals surface area contributed by atoms with Crippen LogP contribution in [0.25, 0.3) is 0 Å². The van der Waals surface area contributed by atoms with E-state index in [9.17, 15) is 19.9 Å². The first-order chi connectivity index (χ1) is 11.0. The number of ether oxygens (including phenoxy) is 1. The first-order valence-electron chi connectivity index (χ1n) is 7.33. The molecule has 2 saturated carbocycles. The van der Waals surface area contributed by atoms with Crippen LogP contribution in [-0.2, 0) is 14.3 Å². The summed E-state index contributed by atoms with van der Waals surface area (Å²) in [4.78, 5) is 24.4. The summed E-state index contributed by atoms with van der Waals surface area (Å²) in [5.41, 5.74) is 0.123. The number of esters is 1. The molecule has 23 heavy (non-hydrogen) atoms. The second-order valence-electron chi connectivity index (χ2n) is 6.20. The summed E-state index contributed by atoms with van der Waals surface area (Å²) in [5.74, 6) is -2.56. The number of carbonyl (C=O) groups excluding carboxylic acids is 1. The molecule has 0 spiro atoms. The fraction of sp³-hybridized carbons (Fsp3) is 0.467. The van der Waals surface area contributed by atoms with Crippen molar-refractivity contribution in [2.24, 2.45) is 23.7 Å². The molecule has 1 saturated heterocycles. The van der Waals surface area contributed by atoms with Crippen LogP contribution < -0.4 is 5.23 Å². The van der Waals surface area contributed by atoms with Crippen molar-refractivity contribution in [2.45, 2.75) is 22.7 Å². The van der Waals surface area contributed by atoms with Crippen molar-refractivity contribution in [1.82, 2.24) is 0 Å². The second kappa shape index (κ2) is 5.12. The smallest absolute Gasteiger partial charge is 0.310 e. The Morgan fingerprint density at radius 1 is 1.30 bits per heavy atom. The van der Waals surface area contributed by atoms with E-state index in [2.05, 4.69) is 0 Å². The molecule has 2 N–H and O–H groups in total. The molecule has 6 atom stereocenters. The number of anilines is 1. The van der Waals surface area contributed by atoms with Crippen LogP contribution in [0.15, 0.2) is 29.2 Å². The number of nitrogens with zero attached hydrogens (tertiary/aromatic N) is 1. The number of rotatable bonds is 4. The predicted octanol–water partition coefficient (Wildman–Crippen LogP) is 1.73. The maximum atomic E-state index is 12.0. The first kappa shape index (κ1) is 14.8. The monoisotopic (exact) mass is 336 g/mol. The zero-order valence-electron chi connectivity index (χ0n) is 11.9. The van der Waals surface area contributed by atoms with Gasteiger partial charge in [0.2, 0.25) is 0 Å². The lowest BCUT2D eigenvalue weighted by Gasteiger charge is -2.29. The number of hydrogen-bond acceptors (Lipinski definition) is 7. The van der Waals surface area contributed by atoms with Gasteiger partial charge in [0.15, 0.2) is 0 Å². The molecule has 2 bridgehead atoms. The highest BCUT2D eigenvalue weighted by Gasteiger charge is 2.68. The number of carboxylic acids is 1. The maximum absolute atomic E-state index is 12.0. The van der Waals surface area contributed by atoms with Crippen LogP contribution in [-0.4, -0.2) is 33.6 Å². The molecule has 4 rings (SSSR count). The Balaban J connectivity index is 1.58. The van der Waals surface area contributed by atoms with E-state index in [1.165, 1.54) is 23.9 Å². The van der Waals surface area contributed by atoms with Crippen LogP contribution in [0, 0.1) is 28.9 Å². The molecule has 1 aromatic rings. The summed E-state index contributed by atoms with van der Waals surface area (Å²) in [7, 11) is 0. The second-order valence-corrected chi connectivity index (χ2v) is 7.46. The first-order valence-corrected chi connectivity index (χ1v) is 8.21. The fourth-order valence-corrected chi connectivity index (χ4v) is 5.75. The van der Waals surface area contributed by atoms with Gasteiger partial charge in [0, 0.05) is 10.8 Å². The van der Waals surface area contributed by atoms with Gasteiger partial charge in [-0.2, -0.15) is 0 Å². The summed E-state index contributed by atoms with van der Waals surface area (Å²) in [6, 6.07) is 6.36. The summed E-state index contributed by atoms with van der Waals surface area (Å²) >= 11 is 1.47. The lowest BCUT2D eigenvalue weighted by atomic mass is 9.80. The van der Waals surface area contributed by atoms with Gasteiger partial charge in [-0.1, -0.05) is 0 Å². The van der Waals surface area contributed by atoms with E-state index in [1.807, 2.05) is 0 Å². The highest BCUT2D eigenvalue weighted by atomic mass is 32.2. The van der Waals surface area contributed by atoms with Crippen LogP contribution in [0.2, 0.25) is 0 Å². The average Bonchev–Trinajstić information content (AvgIpc) is 3.11. The molecule has 122 valence electrons. The van der Waals surface area contributed by atoms with E-state index in [-0.39, 0.29) is 40.1 Å². The van der Waals surface area contributed by atoms with E-state index in [1.54, 1.807) is 12.1 Å². The zero-order chi connectivity index (χ0) is 16.3. The van der Waals surface area contributed by atoms with Gasteiger partial charge in [0.1, 0.15) is 6.10 Å². The quantitative estimate of drug-likeness (QED) is 0.632. The summed E-state index contributed by atoms with van der Waals surface area (Å²) in [5, 5.41) is 28.8. The van der Waals surface area contributed by atoms with Crippen molar-refractivity contribution in [2.75, 3.05) is 5.23 Å². The third-order valence-electron chi connectivity index (χ3n) is 5.16. The van der Waals surface area contributed by atoms with Crippen molar-refractivity contribution in [3.63, 3.8) is 0 Å². The highest BCUT2D eigenvalue weighted by molar-refractivity contribution is 8.00. The molecule has 7 nitrogen and oxygen atoms in total. The lowest BCUT2D eigenvalue weighted by Crippen LogP contribution is -2.39. The van der Waals surface area contributed by atoms with Crippen molar-refractivity contribution < 1.29 is 24.6 Å². The lowest BCUT2D eigenvalue weighted by molar-refractivity contribution is -0.151. The minimum Gasteiger partial charge on any atom is -0.733 e. The largest absolute Gasteiger partial charge is 0.733 e. The Hall–Kier alpha value is -1.77. The van der Waals surface area contributed by atoms with E-state index in [4.69, 9.17) is 9.94 Å². The Morgan fingerprint density at radius 3 is 2.61 bits per heavy atom. The van der Waals surface area contributed by atoms with E-state index >= 15 is 0 Å². The summed E-state index contributed by atoms with van der Waals surface area (Å²) in [6.45, 7) is 0. The van der Waals surface area contributed by atoms with Crippen molar-refractivity contribution in [3.8, 4) is 0 Å². The average molecular weight is 336 g/mol. The topological polar surface area (TPSA) is 110 Å². The minimum atomic E-state index is -0.928. The molecule has 1 aromatic carbocycles. The SMILES string of the molecule is O=C1OC2C3CC(C2Sc2ccc(N([O-])O)cc2)C(C(=O)O)C13. The van der Waals surface area contributed by atoms with Crippen LogP contribution >= 0.6 is 11.8 Å². The standard InChI is InChI=1S/C15H14NO6S/c17-14(18)10-9-5-8-11(10)15(19)22-12(8)13(9)23-7-3-1-6(2-4-7)16(20)21/h1-4,8-13,20H,5H2,(H,17,18)/q-1. The van der Waals surface area contributed by atoms with Crippen LogP contribution in [0.1, 0.15) is 6.42 Å². The van der Waals surface area contributed by atoms with Gasteiger partial charge < -0.3 is 20.3 Å².